The molecule has 0 unspecified atom stereocenters. The first-order valence-electron chi connectivity index (χ1n) is 5.79. The second-order valence-electron chi connectivity index (χ2n) is 4.25. The van der Waals surface area contributed by atoms with Gasteiger partial charge in [-0.2, -0.15) is 0 Å². The highest BCUT2D eigenvalue weighted by atomic mass is 32.2. The second kappa shape index (κ2) is 5.91. The summed E-state index contributed by atoms with van der Waals surface area (Å²) >= 11 is 0. The fourth-order valence-electron chi connectivity index (χ4n) is 1.79. The Morgan fingerprint density at radius 3 is 2.17 bits per heavy atom. The summed E-state index contributed by atoms with van der Waals surface area (Å²) in [5.74, 6) is 0.456. The van der Waals surface area contributed by atoms with Crippen molar-refractivity contribution in [2.24, 2.45) is 0 Å². The predicted octanol–water partition coefficient (Wildman–Crippen LogP) is 3.58. The van der Waals surface area contributed by atoms with Crippen LogP contribution in [0.25, 0.3) is 0 Å². The molecule has 0 saturated carbocycles. The van der Waals surface area contributed by atoms with E-state index in [0.717, 1.165) is 11.1 Å². The van der Waals surface area contributed by atoms with E-state index in [-0.39, 0.29) is 11.6 Å². The summed E-state index contributed by atoms with van der Waals surface area (Å²) in [5, 5.41) is 0. The normalized spacial score (nSPS) is 12.3. The number of halogens is 1. The quantitative estimate of drug-likeness (QED) is 0.823. The lowest BCUT2D eigenvalue weighted by Gasteiger charge is -2.06. The van der Waals surface area contributed by atoms with Gasteiger partial charge in [0, 0.05) is 22.1 Å². The van der Waals surface area contributed by atoms with Gasteiger partial charge in [0.25, 0.3) is 0 Å². The summed E-state index contributed by atoms with van der Waals surface area (Å²) in [6.07, 6.45) is 0. The third kappa shape index (κ3) is 3.26. The molecular formula is C15H15FOS. The van der Waals surface area contributed by atoms with Crippen LogP contribution in [0.1, 0.15) is 16.7 Å². The Hall–Kier alpha value is -1.48. The van der Waals surface area contributed by atoms with Gasteiger partial charge in [-0.1, -0.05) is 42.5 Å². The van der Waals surface area contributed by atoms with Gasteiger partial charge in [0.15, 0.2) is 0 Å². The maximum absolute atomic E-state index is 13.4. The maximum Gasteiger partial charge on any atom is 0.127 e. The Morgan fingerprint density at radius 2 is 1.50 bits per heavy atom. The fourth-order valence-corrected chi connectivity index (χ4v) is 3.14. The van der Waals surface area contributed by atoms with E-state index in [1.807, 2.05) is 31.2 Å². The minimum absolute atomic E-state index is 0.265. The van der Waals surface area contributed by atoms with Crippen LogP contribution in [0.5, 0.6) is 0 Å². The van der Waals surface area contributed by atoms with Crippen molar-refractivity contribution in [2.45, 2.75) is 18.4 Å². The molecule has 0 spiro atoms. The van der Waals surface area contributed by atoms with Crippen molar-refractivity contribution in [1.29, 1.82) is 0 Å². The van der Waals surface area contributed by atoms with E-state index < -0.39 is 10.8 Å². The molecule has 0 saturated heterocycles. The van der Waals surface area contributed by atoms with Gasteiger partial charge in [-0.05, 0) is 24.1 Å². The first kappa shape index (κ1) is 13.0. The molecule has 1 atom stereocenters. The van der Waals surface area contributed by atoms with Crippen molar-refractivity contribution in [3.05, 3.63) is 71.0 Å². The van der Waals surface area contributed by atoms with Crippen LogP contribution in [0.3, 0.4) is 0 Å². The molecule has 2 aromatic carbocycles. The van der Waals surface area contributed by atoms with Crippen LogP contribution >= 0.6 is 0 Å². The molecule has 2 rings (SSSR count). The van der Waals surface area contributed by atoms with Gasteiger partial charge in [-0.3, -0.25) is 4.21 Å². The van der Waals surface area contributed by atoms with Crippen LogP contribution in [0.15, 0.2) is 48.5 Å². The van der Waals surface area contributed by atoms with Crippen LogP contribution < -0.4 is 0 Å². The highest BCUT2D eigenvalue weighted by molar-refractivity contribution is 7.83. The van der Waals surface area contributed by atoms with Gasteiger partial charge >= 0.3 is 0 Å². The van der Waals surface area contributed by atoms with E-state index in [1.165, 1.54) is 6.07 Å². The molecule has 0 bridgehead atoms. The zero-order chi connectivity index (χ0) is 13.0. The van der Waals surface area contributed by atoms with Gasteiger partial charge in [-0.25, -0.2) is 4.39 Å². The maximum atomic E-state index is 13.4. The van der Waals surface area contributed by atoms with Gasteiger partial charge in [0.05, 0.1) is 5.75 Å². The largest absolute Gasteiger partial charge is 0.259 e. The average Bonchev–Trinajstić information content (AvgIpc) is 2.35. The summed E-state index contributed by atoms with van der Waals surface area (Å²) in [5.41, 5.74) is 2.70. The van der Waals surface area contributed by atoms with E-state index in [9.17, 15) is 8.60 Å². The summed E-state index contributed by atoms with van der Waals surface area (Å²) in [7, 11) is -1.08. The van der Waals surface area contributed by atoms with Crippen molar-refractivity contribution in [2.75, 3.05) is 0 Å². The molecular weight excluding hydrogens is 247 g/mol. The highest BCUT2D eigenvalue weighted by Gasteiger charge is 2.08. The van der Waals surface area contributed by atoms with Crippen molar-refractivity contribution in [3.8, 4) is 0 Å². The molecule has 0 aromatic heterocycles. The molecule has 94 valence electrons. The molecule has 0 aliphatic heterocycles. The predicted molar refractivity (Wildman–Crippen MR) is 73.1 cm³/mol. The SMILES string of the molecule is Cc1ccccc1C[S@@](=O)Cc1ccccc1F. The van der Waals surface area contributed by atoms with Crippen LogP contribution in [-0.2, 0) is 22.3 Å². The average molecular weight is 262 g/mol. The van der Waals surface area contributed by atoms with Crippen LogP contribution in [0.2, 0.25) is 0 Å². The molecule has 1 nitrogen and oxygen atoms in total. The minimum Gasteiger partial charge on any atom is -0.259 e. The lowest BCUT2D eigenvalue weighted by Crippen LogP contribution is -2.02. The van der Waals surface area contributed by atoms with Crippen molar-refractivity contribution in [3.63, 3.8) is 0 Å². The molecule has 0 radical (unpaired) electrons. The van der Waals surface area contributed by atoms with E-state index in [4.69, 9.17) is 0 Å². The van der Waals surface area contributed by atoms with E-state index in [0.29, 0.717) is 11.3 Å². The summed E-state index contributed by atoms with van der Waals surface area (Å²) in [6.45, 7) is 2.00. The van der Waals surface area contributed by atoms with Crippen molar-refractivity contribution >= 4 is 10.8 Å². The van der Waals surface area contributed by atoms with Crippen LogP contribution in [-0.4, -0.2) is 4.21 Å². The smallest absolute Gasteiger partial charge is 0.127 e. The minimum atomic E-state index is -1.08. The Morgan fingerprint density at radius 1 is 0.944 bits per heavy atom. The lowest BCUT2D eigenvalue weighted by molar-refractivity contribution is 0.615. The first-order valence-corrected chi connectivity index (χ1v) is 7.28. The highest BCUT2D eigenvalue weighted by Crippen LogP contribution is 2.14. The van der Waals surface area contributed by atoms with Gasteiger partial charge < -0.3 is 0 Å². The molecule has 0 heterocycles. The molecule has 3 heteroatoms. The summed E-state index contributed by atoms with van der Waals surface area (Å²) in [6, 6.07) is 14.4. The number of hydrogen-bond acceptors (Lipinski definition) is 1. The van der Waals surface area contributed by atoms with Crippen molar-refractivity contribution < 1.29 is 8.60 Å². The first-order chi connectivity index (χ1) is 8.66. The number of rotatable bonds is 4. The summed E-state index contributed by atoms with van der Waals surface area (Å²) < 4.78 is 25.5. The third-order valence-corrected chi connectivity index (χ3v) is 4.12. The molecule has 0 aliphatic carbocycles. The van der Waals surface area contributed by atoms with Crippen LogP contribution in [0, 0.1) is 12.7 Å². The molecule has 0 N–H and O–H groups in total. The Labute approximate surface area is 109 Å². The van der Waals surface area contributed by atoms with Gasteiger partial charge in [0.2, 0.25) is 0 Å². The third-order valence-electron chi connectivity index (χ3n) is 2.85. The second-order valence-corrected chi connectivity index (χ2v) is 5.70. The van der Waals surface area contributed by atoms with Crippen LogP contribution in [0.4, 0.5) is 4.39 Å². The van der Waals surface area contributed by atoms with Gasteiger partial charge in [-0.15, -0.1) is 0 Å². The monoisotopic (exact) mass is 262 g/mol. The Kier molecular flexibility index (Phi) is 4.26. The van der Waals surface area contributed by atoms with E-state index in [2.05, 4.69) is 0 Å². The number of aryl methyl sites for hydroxylation is 1. The summed E-state index contributed by atoms with van der Waals surface area (Å²) in [4.78, 5) is 0. The molecule has 0 fully saturated rings. The van der Waals surface area contributed by atoms with E-state index >= 15 is 0 Å². The molecule has 0 aliphatic rings. The Balaban J connectivity index is 2.06. The van der Waals surface area contributed by atoms with E-state index in [1.54, 1.807) is 18.2 Å². The molecule has 0 amide bonds. The zero-order valence-corrected chi connectivity index (χ0v) is 11.0. The molecule has 18 heavy (non-hydrogen) atoms. The number of benzene rings is 2. The topological polar surface area (TPSA) is 17.1 Å². The van der Waals surface area contributed by atoms with Gasteiger partial charge in [0.1, 0.15) is 5.82 Å². The number of hydrogen-bond donors (Lipinski definition) is 0. The Bertz CT molecular complexity index is 516. The molecule has 2 aromatic rings. The zero-order valence-electron chi connectivity index (χ0n) is 10.2. The fraction of sp³-hybridized carbons (Fsp3) is 0.200. The van der Waals surface area contributed by atoms with Crippen molar-refractivity contribution in [1.82, 2.24) is 0 Å². The lowest BCUT2D eigenvalue weighted by atomic mass is 10.1. The standard InChI is InChI=1S/C15H15FOS/c1-12-6-2-3-7-13(12)10-18(17)11-14-8-4-5-9-15(14)16/h2-9H,10-11H2,1H3/t18-/m1/s1.